The van der Waals surface area contributed by atoms with Crippen LogP contribution in [0, 0.1) is 12.3 Å². The zero-order valence-corrected chi connectivity index (χ0v) is 18.7. The van der Waals surface area contributed by atoms with Gasteiger partial charge in [-0.05, 0) is 48.0 Å². The Labute approximate surface area is 196 Å². The molecule has 5 rings (SSSR count). The number of hydrogen-bond donors (Lipinski definition) is 2. The molecule has 1 heterocycles. The van der Waals surface area contributed by atoms with Gasteiger partial charge in [-0.25, -0.2) is 0 Å². The summed E-state index contributed by atoms with van der Waals surface area (Å²) in [5.41, 5.74) is 5.03. The molecule has 3 aromatic rings. The van der Waals surface area contributed by atoms with E-state index in [9.17, 15) is 9.59 Å². The Morgan fingerprint density at radius 1 is 1.12 bits per heavy atom. The standard InChI is InChI=1S/C27H20N2O3S/c1-3-13-28-27(31)17-11-12-19-20(15-17)24-23(25(19)30)26(16-7-6-8-18(14-16)32-2)33-22-10-5-4-9-21(22)29-24/h1,4-12,14-15,26,29H,13H2,2H3,(H,28,31). The second-order valence-electron chi connectivity index (χ2n) is 7.66. The van der Waals surface area contributed by atoms with Gasteiger partial charge in [0.05, 0.1) is 30.3 Å². The van der Waals surface area contributed by atoms with Crippen LogP contribution in [0.4, 0.5) is 5.69 Å². The van der Waals surface area contributed by atoms with Gasteiger partial charge in [0.2, 0.25) is 0 Å². The largest absolute Gasteiger partial charge is 0.497 e. The molecular formula is C27H20N2O3S. The van der Waals surface area contributed by atoms with E-state index in [1.807, 2.05) is 48.5 Å². The molecule has 0 saturated carbocycles. The molecule has 6 heteroatoms. The quantitative estimate of drug-likeness (QED) is 0.550. The number of ketones is 1. The molecule has 1 amide bonds. The van der Waals surface area contributed by atoms with Crippen LogP contribution in [-0.2, 0) is 0 Å². The predicted molar refractivity (Wildman–Crippen MR) is 131 cm³/mol. The Bertz CT molecular complexity index is 1370. The van der Waals surface area contributed by atoms with E-state index in [1.54, 1.807) is 37.1 Å². The van der Waals surface area contributed by atoms with Gasteiger partial charge in [0, 0.05) is 27.2 Å². The number of fused-ring (bicyclic) bond motifs is 3. The fourth-order valence-electron chi connectivity index (χ4n) is 4.14. The Morgan fingerprint density at radius 3 is 2.79 bits per heavy atom. The molecule has 1 aliphatic heterocycles. The maximum absolute atomic E-state index is 13.7. The summed E-state index contributed by atoms with van der Waals surface area (Å²) in [5, 5.41) is 5.93. The van der Waals surface area contributed by atoms with Crippen molar-refractivity contribution in [1.29, 1.82) is 0 Å². The summed E-state index contributed by atoms with van der Waals surface area (Å²) in [5.74, 6) is 2.82. The van der Waals surface area contributed by atoms with Gasteiger partial charge in [-0.1, -0.05) is 30.2 Å². The van der Waals surface area contributed by atoms with E-state index in [4.69, 9.17) is 11.2 Å². The zero-order valence-electron chi connectivity index (χ0n) is 17.8. The van der Waals surface area contributed by atoms with Crippen LogP contribution in [0.15, 0.2) is 77.2 Å². The molecule has 5 nitrogen and oxygen atoms in total. The first-order chi connectivity index (χ1) is 16.1. The highest BCUT2D eigenvalue weighted by Crippen LogP contribution is 2.52. The number of terminal acetylenes is 1. The van der Waals surface area contributed by atoms with Crippen LogP contribution in [0.25, 0.3) is 5.70 Å². The van der Waals surface area contributed by atoms with Crippen molar-refractivity contribution in [3.63, 3.8) is 0 Å². The monoisotopic (exact) mass is 452 g/mol. The third kappa shape index (κ3) is 3.67. The maximum atomic E-state index is 13.7. The molecule has 33 heavy (non-hydrogen) atoms. The molecule has 0 fully saturated rings. The van der Waals surface area contributed by atoms with E-state index in [-0.39, 0.29) is 23.5 Å². The fraction of sp³-hybridized carbons (Fsp3) is 0.111. The first-order valence-corrected chi connectivity index (χ1v) is 11.3. The predicted octanol–water partition coefficient (Wildman–Crippen LogP) is 4.92. The number of Topliss-reactive ketones (excluding diaryl/α,β-unsaturated/α-hetero) is 1. The molecule has 0 aromatic heterocycles. The van der Waals surface area contributed by atoms with Crippen molar-refractivity contribution >= 4 is 34.8 Å². The summed E-state index contributed by atoms with van der Waals surface area (Å²) >= 11 is 1.62. The molecule has 2 N–H and O–H groups in total. The summed E-state index contributed by atoms with van der Waals surface area (Å²) in [7, 11) is 1.63. The molecule has 1 unspecified atom stereocenters. The average molecular weight is 453 g/mol. The summed E-state index contributed by atoms with van der Waals surface area (Å²) in [6, 6.07) is 20.9. The van der Waals surface area contributed by atoms with Gasteiger partial charge in [-0.2, -0.15) is 0 Å². The van der Waals surface area contributed by atoms with Crippen molar-refractivity contribution in [2.45, 2.75) is 10.1 Å². The van der Waals surface area contributed by atoms with E-state index in [2.05, 4.69) is 16.6 Å². The van der Waals surface area contributed by atoms with Gasteiger partial charge in [0.15, 0.2) is 5.78 Å². The minimum atomic E-state index is -0.273. The van der Waals surface area contributed by atoms with E-state index >= 15 is 0 Å². The summed E-state index contributed by atoms with van der Waals surface area (Å²) in [6.07, 6.45) is 5.27. The Morgan fingerprint density at radius 2 is 1.97 bits per heavy atom. The number of carbonyl (C=O) groups excluding carboxylic acids is 2. The van der Waals surface area contributed by atoms with Crippen molar-refractivity contribution in [1.82, 2.24) is 5.32 Å². The molecule has 2 aliphatic rings. The van der Waals surface area contributed by atoms with Crippen LogP contribution in [0.5, 0.6) is 5.75 Å². The topological polar surface area (TPSA) is 67.4 Å². The molecule has 0 saturated heterocycles. The second-order valence-corrected chi connectivity index (χ2v) is 8.81. The third-order valence-corrected chi connectivity index (χ3v) is 7.06. The smallest absolute Gasteiger partial charge is 0.252 e. The minimum absolute atomic E-state index is 0.0452. The van der Waals surface area contributed by atoms with Gasteiger partial charge in [0.1, 0.15) is 5.75 Å². The molecule has 3 aromatic carbocycles. The highest BCUT2D eigenvalue weighted by Gasteiger charge is 2.38. The summed E-state index contributed by atoms with van der Waals surface area (Å²) in [6.45, 7) is 0.142. The minimum Gasteiger partial charge on any atom is -0.497 e. The van der Waals surface area contributed by atoms with E-state index in [1.165, 1.54) is 0 Å². The van der Waals surface area contributed by atoms with Gasteiger partial charge < -0.3 is 15.4 Å². The van der Waals surface area contributed by atoms with E-state index in [0.29, 0.717) is 22.3 Å². The third-order valence-electron chi connectivity index (χ3n) is 5.71. The van der Waals surface area contributed by atoms with Crippen LogP contribution < -0.4 is 15.4 Å². The Balaban J connectivity index is 1.67. The van der Waals surface area contributed by atoms with Crippen LogP contribution in [-0.4, -0.2) is 25.3 Å². The van der Waals surface area contributed by atoms with E-state index in [0.717, 1.165) is 27.6 Å². The second kappa shape index (κ2) is 8.53. The number of rotatable bonds is 4. The normalized spacial score (nSPS) is 16.0. The van der Waals surface area contributed by atoms with Crippen molar-refractivity contribution in [3.8, 4) is 18.1 Å². The highest BCUT2D eigenvalue weighted by atomic mass is 32.2. The number of amides is 1. The molecule has 1 aliphatic carbocycles. The lowest BCUT2D eigenvalue weighted by molar-refractivity contribution is 0.0957. The number of para-hydroxylation sites is 1. The molecule has 0 spiro atoms. The van der Waals surface area contributed by atoms with Gasteiger partial charge in [0.25, 0.3) is 5.91 Å². The fourth-order valence-corrected chi connectivity index (χ4v) is 5.43. The van der Waals surface area contributed by atoms with Crippen LogP contribution in [0.3, 0.4) is 0 Å². The van der Waals surface area contributed by atoms with Gasteiger partial charge in [-0.3, -0.25) is 9.59 Å². The lowest BCUT2D eigenvalue weighted by Crippen LogP contribution is -2.23. The number of carbonyl (C=O) groups is 2. The van der Waals surface area contributed by atoms with Crippen LogP contribution >= 0.6 is 11.8 Å². The van der Waals surface area contributed by atoms with Crippen molar-refractivity contribution in [2.75, 3.05) is 19.0 Å². The van der Waals surface area contributed by atoms with Gasteiger partial charge >= 0.3 is 0 Å². The van der Waals surface area contributed by atoms with Crippen molar-refractivity contribution in [3.05, 3.63) is 94.6 Å². The number of hydrogen-bond acceptors (Lipinski definition) is 5. The van der Waals surface area contributed by atoms with Gasteiger partial charge in [-0.15, -0.1) is 18.2 Å². The maximum Gasteiger partial charge on any atom is 0.252 e. The summed E-state index contributed by atoms with van der Waals surface area (Å²) < 4.78 is 5.44. The number of anilines is 1. The molecule has 0 radical (unpaired) electrons. The average Bonchev–Trinajstić information content (AvgIpc) is 3.01. The molecule has 162 valence electrons. The number of benzene rings is 3. The van der Waals surface area contributed by atoms with Crippen LogP contribution in [0.1, 0.15) is 37.1 Å². The van der Waals surface area contributed by atoms with E-state index < -0.39 is 0 Å². The number of nitrogens with one attached hydrogen (secondary N) is 2. The molecule has 1 atom stereocenters. The van der Waals surface area contributed by atoms with Crippen molar-refractivity contribution in [2.24, 2.45) is 0 Å². The van der Waals surface area contributed by atoms with Crippen molar-refractivity contribution < 1.29 is 14.3 Å². The summed E-state index contributed by atoms with van der Waals surface area (Å²) in [4.78, 5) is 27.2. The Hall–Kier alpha value is -3.95. The number of methoxy groups -OCH3 is 1. The molecule has 0 bridgehead atoms. The molecular weight excluding hydrogens is 432 g/mol. The highest BCUT2D eigenvalue weighted by molar-refractivity contribution is 8.00. The Kier molecular flexibility index (Phi) is 5.41. The number of thioether (sulfide) groups is 1. The lowest BCUT2D eigenvalue weighted by Gasteiger charge is -2.18. The lowest BCUT2D eigenvalue weighted by atomic mass is 10.0. The zero-order chi connectivity index (χ0) is 22.9. The first-order valence-electron chi connectivity index (χ1n) is 10.4. The first kappa shape index (κ1) is 20.9. The van der Waals surface area contributed by atoms with Crippen LogP contribution in [0.2, 0.25) is 0 Å². The number of ether oxygens (including phenoxy) is 1. The SMILES string of the molecule is C#CCNC(=O)c1ccc2c(c1)C1=C(C2=O)C(c2cccc(OC)c2)Sc2ccccc2N1.